The fraction of sp³-hybridized carbons (Fsp3) is 0.412. The van der Waals surface area contributed by atoms with Gasteiger partial charge < -0.3 is 11.1 Å². The predicted octanol–water partition coefficient (Wildman–Crippen LogP) is 4.16. The Bertz CT molecular complexity index is 654. The number of hydrogen-bond donors (Lipinski definition) is 2. The van der Waals surface area contributed by atoms with Crippen LogP contribution in [0.4, 0.5) is 0 Å². The fourth-order valence-electron chi connectivity index (χ4n) is 2.66. The van der Waals surface area contributed by atoms with Gasteiger partial charge in [-0.15, -0.1) is 23.7 Å². The average Bonchev–Trinajstić information content (AvgIpc) is 3.06. The maximum atomic E-state index is 12.3. The largest absolute Gasteiger partial charge is 0.350 e. The van der Waals surface area contributed by atoms with Gasteiger partial charge in [-0.1, -0.05) is 37.6 Å². The third-order valence-electron chi connectivity index (χ3n) is 4.36. The van der Waals surface area contributed by atoms with Crippen LogP contribution in [0.5, 0.6) is 0 Å². The van der Waals surface area contributed by atoms with Gasteiger partial charge in [0.2, 0.25) is 0 Å². The first-order valence-electron chi connectivity index (χ1n) is 7.73. The summed E-state index contributed by atoms with van der Waals surface area (Å²) in [5, 5.41) is 6.26. The maximum absolute atomic E-state index is 12.3. The highest BCUT2D eigenvalue weighted by molar-refractivity contribution is 7.09. The summed E-state index contributed by atoms with van der Waals surface area (Å²) in [6, 6.07) is 7.87. The second kappa shape index (κ2) is 9.37. The van der Waals surface area contributed by atoms with E-state index in [9.17, 15) is 4.79 Å². The zero-order chi connectivity index (χ0) is 16.9. The molecule has 4 nitrogen and oxygen atoms in total. The van der Waals surface area contributed by atoms with Gasteiger partial charge in [-0.25, -0.2) is 4.98 Å². The van der Waals surface area contributed by atoms with E-state index in [0.717, 1.165) is 22.9 Å². The van der Waals surface area contributed by atoms with E-state index >= 15 is 0 Å². The number of thiazole rings is 1. The smallest absolute Gasteiger partial charge is 0.270 e. The lowest BCUT2D eigenvalue weighted by Gasteiger charge is -2.32. The molecule has 0 atom stereocenters. The molecule has 1 amide bonds. The fourth-order valence-corrected chi connectivity index (χ4v) is 3.44. The summed E-state index contributed by atoms with van der Waals surface area (Å²) in [7, 11) is 0. The molecule has 0 aliphatic rings. The molecule has 24 heavy (non-hydrogen) atoms. The van der Waals surface area contributed by atoms with E-state index in [1.807, 2.05) is 24.3 Å². The van der Waals surface area contributed by atoms with Crippen LogP contribution in [0.2, 0.25) is 5.02 Å². The predicted molar refractivity (Wildman–Crippen MR) is 103 cm³/mol. The second-order valence-corrected chi connectivity index (χ2v) is 6.89. The lowest BCUT2D eigenvalue weighted by atomic mass is 9.76. The first-order chi connectivity index (χ1) is 11.0. The molecule has 1 aromatic heterocycles. The van der Waals surface area contributed by atoms with Crippen molar-refractivity contribution in [2.75, 3.05) is 6.54 Å². The van der Waals surface area contributed by atoms with Crippen molar-refractivity contribution >= 4 is 41.3 Å². The topological polar surface area (TPSA) is 68.0 Å². The van der Waals surface area contributed by atoms with Crippen LogP contribution in [-0.4, -0.2) is 17.4 Å². The zero-order valence-corrected chi connectivity index (χ0v) is 16.2. The van der Waals surface area contributed by atoms with Crippen molar-refractivity contribution in [3.05, 3.63) is 50.9 Å². The number of halogens is 2. The van der Waals surface area contributed by atoms with Gasteiger partial charge in [0.25, 0.3) is 5.91 Å². The van der Waals surface area contributed by atoms with Crippen LogP contribution in [0, 0.1) is 0 Å². The molecule has 0 aliphatic carbocycles. The van der Waals surface area contributed by atoms with E-state index in [1.54, 1.807) is 5.38 Å². The van der Waals surface area contributed by atoms with Gasteiger partial charge in [0, 0.05) is 28.9 Å². The Hall–Kier alpha value is -1.14. The third-order valence-corrected chi connectivity index (χ3v) is 5.48. The molecule has 132 valence electrons. The lowest BCUT2D eigenvalue weighted by molar-refractivity contribution is 0.0937. The van der Waals surface area contributed by atoms with Gasteiger partial charge in [0.1, 0.15) is 10.7 Å². The summed E-state index contributed by atoms with van der Waals surface area (Å²) in [6.45, 7) is 5.20. The zero-order valence-electron chi connectivity index (χ0n) is 13.8. The molecule has 0 fully saturated rings. The van der Waals surface area contributed by atoms with Crippen molar-refractivity contribution < 1.29 is 4.79 Å². The number of hydrogen-bond acceptors (Lipinski definition) is 4. The minimum Gasteiger partial charge on any atom is -0.350 e. The molecule has 0 radical (unpaired) electrons. The van der Waals surface area contributed by atoms with Crippen LogP contribution in [0.1, 0.15) is 47.7 Å². The molecule has 2 rings (SSSR count). The van der Waals surface area contributed by atoms with E-state index < -0.39 is 0 Å². The van der Waals surface area contributed by atoms with Crippen molar-refractivity contribution in [1.82, 2.24) is 10.3 Å². The number of carbonyl (C=O) groups is 1. The van der Waals surface area contributed by atoms with E-state index in [1.165, 1.54) is 16.9 Å². The molecule has 0 saturated heterocycles. The number of nitrogens with zero attached hydrogens (tertiary/aromatic N) is 1. The summed E-state index contributed by atoms with van der Waals surface area (Å²) in [5.41, 5.74) is 7.06. The summed E-state index contributed by atoms with van der Waals surface area (Å²) in [4.78, 5) is 16.5. The number of nitrogens with one attached hydrogen (secondary N) is 1. The van der Waals surface area contributed by atoms with E-state index in [0.29, 0.717) is 18.8 Å². The molecule has 1 aromatic carbocycles. The minimum absolute atomic E-state index is 0. The SMILES string of the molecule is CCC(CC)(CNC(=O)c1csc(CN)n1)c1ccc(Cl)cc1.Cl. The van der Waals surface area contributed by atoms with Gasteiger partial charge >= 0.3 is 0 Å². The number of nitrogens with two attached hydrogens (primary N) is 1. The highest BCUT2D eigenvalue weighted by atomic mass is 35.5. The Morgan fingerprint density at radius 3 is 2.42 bits per heavy atom. The lowest BCUT2D eigenvalue weighted by Crippen LogP contribution is -2.40. The molecule has 0 aliphatic heterocycles. The summed E-state index contributed by atoms with van der Waals surface area (Å²) >= 11 is 7.39. The van der Waals surface area contributed by atoms with Crippen molar-refractivity contribution in [1.29, 1.82) is 0 Å². The van der Waals surface area contributed by atoms with E-state index in [4.69, 9.17) is 17.3 Å². The Kier molecular flexibility index (Phi) is 8.16. The highest BCUT2D eigenvalue weighted by Gasteiger charge is 2.29. The maximum Gasteiger partial charge on any atom is 0.270 e. The number of aromatic nitrogens is 1. The van der Waals surface area contributed by atoms with Crippen LogP contribution in [0.3, 0.4) is 0 Å². The van der Waals surface area contributed by atoms with Crippen molar-refractivity contribution in [3.63, 3.8) is 0 Å². The van der Waals surface area contributed by atoms with Gasteiger partial charge in [0.05, 0.1) is 0 Å². The summed E-state index contributed by atoms with van der Waals surface area (Å²) in [5.74, 6) is -0.152. The molecule has 2 aromatic rings. The first-order valence-corrected chi connectivity index (χ1v) is 8.99. The molecule has 1 heterocycles. The quantitative estimate of drug-likeness (QED) is 0.748. The normalized spacial score (nSPS) is 11.0. The van der Waals surface area contributed by atoms with Gasteiger partial charge in [-0.2, -0.15) is 0 Å². The van der Waals surface area contributed by atoms with E-state index in [-0.39, 0.29) is 23.7 Å². The first kappa shape index (κ1) is 20.9. The number of rotatable bonds is 7. The van der Waals surface area contributed by atoms with Crippen molar-refractivity contribution in [2.24, 2.45) is 5.73 Å². The molecule has 0 bridgehead atoms. The minimum atomic E-state index is -0.152. The second-order valence-electron chi connectivity index (χ2n) is 5.51. The Morgan fingerprint density at radius 2 is 1.92 bits per heavy atom. The highest BCUT2D eigenvalue weighted by Crippen LogP contribution is 2.32. The Morgan fingerprint density at radius 1 is 1.29 bits per heavy atom. The molecular weight excluding hydrogens is 365 g/mol. The van der Waals surface area contributed by atoms with E-state index in [2.05, 4.69) is 24.1 Å². The van der Waals surface area contributed by atoms with Gasteiger partial charge in [-0.05, 0) is 30.5 Å². The van der Waals surface area contributed by atoms with Crippen LogP contribution in [-0.2, 0) is 12.0 Å². The molecule has 7 heteroatoms. The molecule has 0 spiro atoms. The van der Waals surface area contributed by atoms with Crippen LogP contribution in [0.15, 0.2) is 29.6 Å². The van der Waals surface area contributed by atoms with Gasteiger partial charge in [0.15, 0.2) is 0 Å². The summed E-state index contributed by atoms with van der Waals surface area (Å²) in [6.07, 6.45) is 1.85. The third kappa shape index (κ3) is 4.70. The Balaban J connectivity index is 0.00000288. The number of benzene rings is 1. The summed E-state index contributed by atoms with van der Waals surface area (Å²) < 4.78 is 0. The standard InChI is InChI=1S/C17H22ClN3OS.ClH/c1-3-17(4-2,12-5-7-13(18)8-6-12)11-20-16(22)14-10-23-15(9-19)21-14;/h5-8,10H,3-4,9,11,19H2,1-2H3,(H,20,22);1H. The number of amides is 1. The van der Waals surface area contributed by atoms with Crippen molar-refractivity contribution in [3.8, 4) is 0 Å². The Labute approximate surface area is 158 Å². The molecule has 3 N–H and O–H groups in total. The average molecular weight is 388 g/mol. The van der Waals surface area contributed by atoms with Crippen molar-refractivity contribution in [2.45, 2.75) is 38.6 Å². The van der Waals surface area contributed by atoms with Crippen LogP contribution < -0.4 is 11.1 Å². The van der Waals surface area contributed by atoms with Crippen LogP contribution in [0.25, 0.3) is 0 Å². The molecule has 0 unspecified atom stereocenters. The van der Waals surface area contributed by atoms with Gasteiger partial charge in [-0.3, -0.25) is 4.79 Å². The monoisotopic (exact) mass is 387 g/mol. The molecule has 0 saturated carbocycles. The van der Waals surface area contributed by atoms with Crippen LogP contribution >= 0.6 is 35.3 Å². The molecular formula is C17H23Cl2N3OS. The number of carbonyl (C=O) groups excluding carboxylic acids is 1.